The molecule has 0 aliphatic heterocycles. The van der Waals surface area contributed by atoms with Crippen molar-refractivity contribution in [2.75, 3.05) is 13.6 Å². The second-order valence-corrected chi connectivity index (χ2v) is 6.55. The van der Waals surface area contributed by atoms with Gasteiger partial charge >= 0.3 is 0 Å². The zero-order valence-corrected chi connectivity index (χ0v) is 13.6. The zero-order valence-electron chi connectivity index (χ0n) is 13.6. The van der Waals surface area contributed by atoms with E-state index in [0.717, 1.165) is 31.4 Å². The van der Waals surface area contributed by atoms with Gasteiger partial charge in [0.15, 0.2) is 0 Å². The van der Waals surface area contributed by atoms with E-state index < -0.39 is 10.5 Å². The van der Waals surface area contributed by atoms with Crippen LogP contribution in [-0.4, -0.2) is 39.1 Å². The van der Waals surface area contributed by atoms with Crippen LogP contribution in [-0.2, 0) is 6.54 Å². The molecular formula is C17H21N3O4. The molecule has 128 valence electrons. The van der Waals surface area contributed by atoms with Gasteiger partial charge in [-0.1, -0.05) is 12.8 Å². The molecule has 1 aromatic heterocycles. The Bertz CT molecular complexity index is 705. The smallest absolute Gasteiger partial charge is 0.269 e. The first-order valence-electron chi connectivity index (χ1n) is 8.05. The third kappa shape index (κ3) is 3.80. The molecule has 1 heterocycles. The van der Waals surface area contributed by atoms with E-state index in [1.165, 1.54) is 12.1 Å². The monoisotopic (exact) mass is 331 g/mol. The fourth-order valence-electron chi connectivity index (χ4n) is 3.26. The number of aliphatic hydroxyl groups is 1. The van der Waals surface area contributed by atoms with E-state index >= 15 is 0 Å². The maximum atomic E-state index is 10.7. The van der Waals surface area contributed by atoms with Crippen LogP contribution in [0, 0.1) is 10.1 Å². The van der Waals surface area contributed by atoms with Crippen molar-refractivity contribution >= 4 is 5.69 Å². The summed E-state index contributed by atoms with van der Waals surface area (Å²) in [5.41, 5.74) is 0.922. The van der Waals surface area contributed by atoms with Gasteiger partial charge in [-0.2, -0.15) is 0 Å². The van der Waals surface area contributed by atoms with Gasteiger partial charge in [-0.3, -0.25) is 15.0 Å². The van der Waals surface area contributed by atoms with Crippen LogP contribution in [0.3, 0.4) is 0 Å². The molecule has 0 amide bonds. The molecule has 1 aliphatic rings. The Labute approximate surface area is 140 Å². The number of aromatic nitrogens is 1. The maximum Gasteiger partial charge on any atom is 0.269 e. The number of nitro groups is 1. The molecule has 3 rings (SSSR count). The van der Waals surface area contributed by atoms with Crippen molar-refractivity contribution in [3.05, 3.63) is 46.3 Å². The van der Waals surface area contributed by atoms with Crippen LogP contribution in [0.15, 0.2) is 34.9 Å². The Hall–Kier alpha value is -2.25. The number of rotatable bonds is 6. The van der Waals surface area contributed by atoms with E-state index in [1.807, 2.05) is 11.9 Å². The van der Waals surface area contributed by atoms with Gasteiger partial charge in [0.05, 0.1) is 16.2 Å². The Balaban J connectivity index is 1.63. The van der Waals surface area contributed by atoms with Gasteiger partial charge in [0.25, 0.3) is 5.69 Å². The standard InChI is InChI=1S/C17H21N3O4/c1-19(12-17(21)8-2-3-9-17)10-14-11-24-16(18-14)13-4-6-15(7-5-13)20(22)23/h4-7,11,21H,2-3,8-10,12H2,1H3. The first-order valence-corrected chi connectivity index (χ1v) is 8.05. The van der Waals surface area contributed by atoms with E-state index in [-0.39, 0.29) is 5.69 Å². The molecule has 1 aromatic carbocycles. The molecule has 0 atom stereocenters. The van der Waals surface area contributed by atoms with Crippen molar-refractivity contribution in [1.82, 2.24) is 9.88 Å². The van der Waals surface area contributed by atoms with E-state index in [1.54, 1.807) is 18.4 Å². The zero-order chi connectivity index (χ0) is 17.2. The molecule has 0 saturated heterocycles. The summed E-state index contributed by atoms with van der Waals surface area (Å²) in [6.07, 6.45) is 5.46. The Kier molecular flexibility index (Phi) is 4.64. The summed E-state index contributed by atoms with van der Waals surface area (Å²) in [5, 5.41) is 21.1. The third-order valence-corrected chi connectivity index (χ3v) is 4.41. The van der Waals surface area contributed by atoms with E-state index in [0.29, 0.717) is 24.5 Å². The van der Waals surface area contributed by atoms with Crippen LogP contribution in [0.2, 0.25) is 0 Å². The van der Waals surface area contributed by atoms with Crippen molar-refractivity contribution in [1.29, 1.82) is 0 Å². The van der Waals surface area contributed by atoms with Gasteiger partial charge in [0, 0.05) is 30.8 Å². The minimum atomic E-state index is -0.584. The van der Waals surface area contributed by atoms with Crippen LogP contribution in [0.4, 0.5) is 5.69 Å². The molecule has 1 N–H and O–H groups in total. The molecule has 7 nitrogen and oxygen atoms in total. The average Bonchev–Trinajstić information content (AvgIpc) is 3.16. The number of oxazole rings is 1. The summed E-state index contributed by atoms with van der Waals surface area (Å²) in [5.74, 6) is 0.438. The molecule has 0 spiro atoms. The predicted octanol–water partition coefficient (Wildman–Crippen LogP) is 2.99. The Morgan fingerprint density at radius 1 is 1.33 bits per heavy atom. The predicted molar refractivity (Wildman–Crippen MR) is 88.3 cm³/mol. The summed E-state index contributed by atoms with van der Waals surface area (Å²) in [6.45, 7) is 1.20. The fraction of sp³-hybridized carbons (Fsp3) is 0.471. The number of likely N-dealkylation sites (N-methyl/N-ethyl adjacent to an activating group) is 1. The topological polar surface area (TPSA) is 92.6 Å². The third-order valence-electron chi connectivity index (χ3n) is 4.41. The largest absolute Gasteiger partial charge is 0.444 e. The highest BCUT2D eigenvalue weighted by Gasteiger charge is 2.32. The van der Waals surface area contributed by atoms with Gasteiger partial charge < -0.3 is 9.52 Å². The molecular weight excluding hydrogens is 310 g/mol. The Morgan fingerprint density at radius 2 is 2.00 bits per heavy atom. The van der Waals surface area contributed by atoms with Crippen molar-refractivity contribution in [3.8, 4) is 11.5 Å². The number of hydrogen-bond donors (Lipinski definition) is 1. The molecule has 1 aliphatic carbocycles. The lowest BCUT2D eigenvalue weighted by Crippen LogP contribution is -2.38. The molecule has 1 saturated carbocycles. The van der Waals surface area contributed by atoms with Crippen molar-refractivity contribution < 1.29 is 14.4 Å². The quantitative estimate of drug-likeness (QED) is 0.646. The van der Waals surface area contributed by atoms with Crippen LogP contribution in [0.25, 0.3) is 11.5 Å². The molecule has 1 fully saturated rings. The van der Waals surface area contributed by atoms with Gasteiger partial charge in [-0.25, -0.2) is 4.98 Å². The SMILES string of the molecule is CN(Cc1coc(-c2ccc([N+](=O)[O-])cc2)n1)CC1(O)CCCC1. The summed E-state index contributed by atoms with van der Waals surface area (Å²) >= 11 is 0. The summed E-state index contributed by atoms with van der Waals surface area (Å²) in [7, 11) is 1.95. The lowest BCUT2D eigenvalue weighted by Gasteiger charge is -2.27. The first-order chi connectivity index (χ1) is 11.5. The van der Waals surface area contributed by atoms with E-state index in [2.05, 4.69) is 4.98 Å². The van der Waals surface area contributed by atoms with Gasteiger partial charge in [0.2, 0.25) is 5.89 Å². The minimum absolute atomic E-state index is 0.0371. The summed E-state index contributed by atoms with van der Waals surface area (Å²) in [6, 6.07) is 6.11. The molecule has 2 aromatic rings. The first kappa shape index (κ1) is 16.6. The van der Waals surface area contributed by atoms with Crippen molar-refractivity contribution in [3.63, 3.8) is 0 Å². The molecule has 24 heavy (non-hydrogen) atoms. The van der Waals surface area contributed by atoms with Gasteiger partial charge in [-0.15, -0.1) is 0 Å². The highest BCUT2D eigenvalue weighted by molar-refractivity contribution is 5.55. The van der Waals surface area contributed by atoms with Gasteiger partial charge in [-0.05, 0) is 32.0 Å². The fourth-order valence-corrected chi connectivity index (χ4v) is 3.26. The number of non-ortho nitro benzene ring substituents is 1. The number of hydrogen-bond acceptors (Lipinski definition) is 6. The lowest BCUT2D eigenvalue weighted by molar-refractivity contribution is -0.384. The van der Waals surface area contributed by atoms with Gasteiger partial charge in [0.1, 0.15) is 6.26 Å². The van der Waals surface area contributed by atoms with Crippen LogP contribution in [0.5, 0.6) is 0 Å². The summed E-state index contributed by atoms with van der Waals surface area (Å²) < 4.78 is 5.48. The molecule has 0 bridgehead atoms. The maximum absolute atomic E-state index is 10.7. The van der Waals surface area contributed by atoms with E-state index in [9.17, 15) is 15.2 Å². The van der Waals surface area contributed by atoms with Crippen molar-refractivity contribution in [2.24, 2.45) is 0 Å². The number of nitro benzene ring substituents is 1. The lowest BCUT2D eigenvalue weighted by atomic mass is 10.0. The van der Waals surface area contributed by atoms with E-state index in [4.69, 9.17) is 4.42 Å². The second-order valence-electron chi connectivity index (χ2n) is 6.55. The molecule has 0 radical (unpaired) electrons. The normalized spacial score (nSPS) is 16.6. The molecule has 0 unspecified atom stereocenters. The average molecular weight is 331 g/mol. The van der Waals surface area contributed by atoms with Crippen LogP contribution < -0.4 is 0 Å². The molecule has 7 heteroatoms. The highest BCUT2D eigenvalue weighted by Crippen LogP contribution is 2.30. The van der Waals surface area contributed by atoms with Crippen molar-refractivity contribution in [2.45, 2.75) is 37.8 Å². The van der Waals surface area contributed by atoms with Crippen LogP contribution >= 0.6 is 0 Å². The van der Waals surface area contributed by atoms with Crippen LogP contribution in [0.1, 0.15) is 31.4 Å². The number of benzene rings is 1. The number of nitrogens with zero attached hydrogens (tertiary/aromatic N) is 3. The summed E-state index contributed by atoms with van der Waals surface area (Å²) in [4.78, 5) is 16.7. The highest BCUT2D eigenvalue weighted by atomic mass is 16.6. The minimum Gasteiger partial charge on any atom is -0.444 e. The Morgan fingerprint density at radius 3 is 2.62 bits per heavy atom. The second kappa shape index (κ2) is 6.70.